The molecule has 0 saturated carbocycles. The molecule has 6 heteroatoms. The lowest BCUT2D eigenvalue weighted by molar-refractivity contribution is 0.310. The predicted octanol–water partition coefficient (Wildman–Crippen LogP) is 1.53. The van der Waals surface area contributed by atoms with Gasteiger partial charge in [0.05, 0.1) is 11.8 Å². The maximum Gasteiger partial charge on any atom is 0.196 e. The summed E-state index contributed by atoms with van der Waals surface area (Å²) in [4.78, 5) is 4.08. The van der Waals surface area contributed by atoms with Crippen LogP contribution in [0.3, 0.4) is 0 Å². The molecule has 0 radical (unpaired) electrons. The van der Waals surface area contributed by atoms with Crippen LogP contribution in [0.5, 0.6) is 0 Å². The molecule has 3 aromatic heterocycles. The quantitative estimate of drug-likeness (QED) is 0.720. The van der Waals surface area contributed by atoms with Crippen LogP contribution in [0.1, 0.15) is 12.5 Å². The van der Waals surface area contributed by atoms with Crippen molar-refractivity contribution in [2.24, 2.45) is 0 Å². The van der Waals surface area contributed by atoms with Gasteiger partial charge in [-0.05, 0) is 28.4 Å². The average Bonchev–Trinajstić information content (AvgIpc) is 2.91. The molecule has 86 valence electrons. The molecule has 3 aromatic rings. The highest BCUT2D eigenvalue weighted by atomic mass is 16.6. The molecule has 0 unspecified atom stereocenters. The Kier molecular flexibility index (Phi) is 2.07. The maximum absolute atomic E-state index is 5.73. The largest absolute Gasteiger partial charge is 0.379 e. The molecule has 0 fully saturated rings. The topological polar surface area (TPSA) is 82.2 Å². The first kappa shape index (κ1) is 9.83. The van der Waals surface area contributed by atoms with E-state index in [1.807, 2.05) is 16.7 Å². The molecular weight excluding hydrogens is 218 g/mol. The summed E-state index contributed by atoms with van der Waals surface area (Å²) in [5, 5.41) is 7.45. The number of nitrogens with zero attached hydrogens (tertiary/aromatic N) is 4. The highest BCUT2D eigenvalue weighted by Gasteiger charge is 2.16. The van der Waals surface area contributed by atoms with Crippen molar-refractivity contribution in [3.05, 3.63) is 30.4 Å². The van der Waals surface area contributed by atoms with E-state index in [0.29, 0.717) is 11.5 Å². The summed E-state index contributed by atoms with van der Waals surface area (Å²) in [7, 11) is 0. The van der Waals surface area contributed by atoms with E-state index in [2.05, 4.69) is 26.9 Å². The summed E-state index contributed by atoms with van der Waals surface area (Å²) in [5.41, 5.74) is 9.52. The molecule has 0 bridgehead atoms. The Hall–Kier alpha value is -2.37. The summed E-state index contributed by atoms with van der Waals surface area (Å²) in [6, 6.07) is 1.96. The van der Waals surface area contributed by atoms with E-state index in [-0.39, 0.29) is 0 Å². The fourth-order valence-electron chi connectivity index (χ4n) is 2.04. The maximum atomic E-state index is 5.73. The molecule has 0 amide bonds. The van der Waals surface area contributed by atoms with Crippen molar-refractivity contribution in [2.75, 3.05) is 5.73 Å². The van der Waals surface area contributed by atoms with Crippen LogP contribution in [0.4, 0.5) is 5.82 Å². The Morgan fingerprint density at radius 1 is 1.41 bits per heavy atom. The highest BCUT2D eigenvalue weighted by molar-refractivity contribution is 5.79. The zero-order valence-electron chi connectivity index (χ0n) is 9.29. The third-order valence-electron chi connectivity index (χ3n) is 2.81. The number of anilines is 1. The van der Waals surface area contributed by atoms with E-state index in [0.717, 1.165) is 23.1 Å². The fourth-order valence-corrected chi connectivity index (χ4v) is 2.04. The second-order valence-electron chi connectivity index (χ2n) is 3.75. The minimum absolute atomic E-state index is 0.309. The van der Waals surface area contributed by atoms with Gasteiger partial charge in [0.1, 0.15) is 0 Å². The first-order valence-electron chi connectivity index (χ1n) is 5.33. The van der Waals surface area contributed by atoms with Gasteiger partial charge >= 0.3 is 0 Å². The van der Waals surface area contributed by atoms with Gasteiger partial charge in [-0.15, -0.1) is 0 Å². The summed E-state index contributed by atoms with van der Waals surface area (Å²) >= 11 is 0. The van der Waals surface area contributed by atoms with Gasteiger partial charge in [-0.3, -0.25) is 0 Å². The number of aromatic nitrogens is 4. The zero-order chi connectivity index (χ0) is 11.8. The Morgan fingerprint density at radius 2 is 2.29 bits per heavy atom. The Labute approximate surface area is 97.0 Å². The summed E-state index contributed by atoms with van der Waals surface area (Å²) < 4.78 is 6.59. The van der Waals surface area contributed by atoms with E-state index in [9.17, 15) is 0 Å². The fraction of sp³-hybridized carbons (Fsp3) is 0.182. The van der Waals surface area contributed by atoms with Gasteiger partial charge in [0.25, 0.3) is 0 Å². The first-order valence-corrected chi connectivity index (χ1v) is 5.33. The van der Waals surface area contributed by atoms with Crippen LogP contribution in [-0.4, -0.2) is 19.7 Å². The van der Waals surface area contributed by atoms with Crippen LogP contribution >= 0.6 is 0 Å². The molecule has 0 aromatic carbocycles. The molecule has 17 heavy (non-hydrogen) atoms. The van der Waals surface area contributed by atoms with Crippen LogP contribution in [-0.2, 0) is 6.42 Å². The summed E-state index contributed by atoms with van der Waals surface area (Å²) in [6.07, 6.45) is 6.34. The second-order valence-corrected chi connectivity index (χ2v) is 3.75. The van der Waals surface area contributed by atoms with E-state index < -0.39 is 0 Å². The lowest BCUT2D eigenvalue weighted by Gasteiger charge is -1.97. The predicted molar refractivity (Wildman–Crippen MR) is 62.3 cm³/mol. The van der Waals surface area contributed by atoms with Crippen molar-refractivity contribution in [1.82, 2.24) is 19.7 Å². The van der Waals surface area contributed by atoms with Gasteiger partial charge in [-0.2, -0.15) is 0 Å². The van der Waals surface area contributed by atoms with Crippen LogP contribution in [0.15, 0.2) is 29.4 Å². The highest BCUT2D eigenvalue weighted by Crippen LogP contribution is 2.30. The van der Waals surface area contributed by atoms with Crippen LogP contribution < -0.4 is 5.73 Å². The standard InChI is InChI=1S/C11H11N5O/c1-2-7-8(10-11(12)15-17-14-10)5-16-6-13-4-3-9(7)16/h3-6H,2H2,1H3,(H2,12,15). The second kappa shape index (κ2) is 3.58. The number of fused-ring (bicyclic) bond motifs is 1. The molecule has 0 spiro atoms. The van der Waals surface area contributed by atoms with Crippen molar-refractivity contribution in [2.45, 2.75) is 13.3 Å². The molecule has 3 heterocycles. The Bertz CT molecular complexity index is 669. The van der Waals surface area contributed by atoms with Gasteiger partial charge in [0, 0.05) is 18.0 Å². The third-order valence-corrected chi connectivity index (χ3v) is 2.81. The van der Waals surface area contributed by atoms with Crippen molar-refractivity contribution < 1.29 is 4.63 Å². The van der Waals surface area contributed by atoms with Crippen molar-refractivity contribution >= 4 is 11.3 Å². The van der Waals surface area contributed by atoms with Crippen molar-refractivity contribution in [1.29, 1.82) is 0 Å². The lowest BCUT2D eigenvalue weighted by atomic mass is 10.1. The number of hydrogen-bond donors (Lipinski definition) is 1. The monoisotopic (exact) mass is 229 g/mol. The summed E-state index contributed by atoms with van der Waals surface area (Å²) in [5.74, 6) is 0.309. The van der Waals surface area contributed by atoms with Gasteiger partial charge in [0.15, 0.2) is 11.5 Å². The number of aryl methyl sites for hydroxylation is 1. The van der Waals surface area contributed by atoms with Crippen molar-refractivity contribution in [3.63, 3.8) is 0 Å². The van der Waals surface area contributed by atoms with Crippen LogP contribution in [0.25, 0.3) is 16.8 Å². The zero-order valence-corrected chi connectivity index (χ0v) is 9.29. The molecule has 0 aliphatic rings. The molecule has 6 nitrogen and oxygen atoms in total. The number of hydrogen-bond acceptors (Lipinski definition) is 5. The van der Waals surface area contributed by atoms with E-state index in [1.54, 1.807) is 12.5 Å². The van der Waals surface area contributed by atoms with Gasteiger partial charge in [0.2, 0.25) is 0 Å². The van der Waals surface area contributed by atoms with Gasteiger partial charge < -0.3 is 10.1 Å². The third kappa shape index (κ3) is 1.37. The van der Waals surface area contributed by atoms with E-state index in [1.165, 1.54) is 0 Å². The first-order chi connectivity index (χ1) is 8.31. The minimum atomic E-state index is 0.309. The molecule has 0 saturated heterocycles. The Balaban J connectivity index is 2.33. The van der Waals surface area contributed by atoms with Gasteiger partial charge in [-0.1, -0.05) is 6.92 Å². The van der Waals surface area contributed by atoms with Crippen LogP contribution in [0, 0.1) is 0 Å². The average molecular weight is 229 g/mol. The van der Waals surface area contributed by atoms with Gasteiger partial charge in [-0.25, -0.2) is 9.61 Å². The van der Waals surface area contributed by atoms with Crippen LogP contribution in [0.2, 0.25) is 0 Å². The molecule has 3 rings (SSSR count). The molecule has 0 aliphatic carbocycles. The SMILES string of the molecule is CCc1c(-c2nonc2N)cn2cnccc12. The minimum Gasteiger partial charge on any atom is -0.379 e. The smallest absolute Gasteiger partial charge is 0.196 e. The Morgan fingerprint density at radius 3 is 3.00 bits per heavy atom. The number of nitrogens with two attached hydrogens (primary N) is 1. The lowest BCUT2D eigenvalue weighted by Crippen LogP contribution is -1.90. The normalized spacial score (nSPS) is 11.1. The number of rotatable bonds is 2. The summed E-state index contributed by atoms with van der Waals surface area (Å²) in [6.45, 7) is 2.09. The molecule has 0 aliphatic heterocycles. The number of nitrogen functional groups attached to an aromatic ring is 1. The van der Waals surface area contributed by atoms with Crippen molar-refractivity contribution in [3.8, 4) is 11.3 Å². The van der Waals surface area contributed by atoms with E-state index in [4.69, 9.17) is 5.73 Å². The van der Waals surface area contributed by atoms with E-state index >= 15 is 0 Å². The molecular formula is C11H11N5O. The molecule has 0 atom stereocenters. The molecule has 2 N–H and O–H groups in total.